The molecule has 5 nitrogen and oxygen atoms in total. The standard InChI is InChI=1S/C10H22N2O3S/c1-5-6-11-10(13)8-12(7-9(2)3)16(4,14)15/h9H,5-8H2,1-4H3,(H,11,13). The van der Waals surface area contributed by atoms with E-state index >= 15 is 0 Å². The summed E-state index contributed by atoms with van der Waals surface area (Å²) in [5.41, 5.74) is 0. The first-order valence-corrected chi connectivity index (χ1v) is 7.34. The Morgan fingerprint density at radius 3 is 2.31 bits per heavy atom. The molecule has 96 valence electrons. The first-order chi connectivity index (χ1) is 7.27. The van der Waals surface area contributed by atoms with Gasteiger partial charge in [0.15, 0.2) is 0 Å². The van der Waals surface area contributed by atoms with Crippen LogP contribution in [-0.2, 0) is 14.8 Å². The molecular weight excluding hydrogens is 228 g/mol. The van der Waals surface area contributed by atoms with E-state index in [2.05, 4.69) is 5.32 Å². The Bertz CT molecular complexity index is 312. The molecule has 0 atom stereocenters. The highest BCUT2D eigenvalue weighted by atomic mass is 32.2. The largest absolute Gasteiger partial charge is 0.355 e. The van der Waals surface area contributed by atoms with E-state index in [1.165, 1.54) is 4.31 Å². The van der Waals surface area contributed by atoms with Crippen LogP contribution < -0.4 is 5.32 Å². The molecule has 1 N–H and O–H groups in total. The smallest absolute Gasteiger partial charge is 0.235 e. The number of nitrogens with one attached hydrogen (secondary N) is 1. The van der Waals surface area contributed by atoms with E-state index in [-0.39, 0.29) is 18.4 Å². The lowest BCUT2D eigenvalue weighted by atomic mass is 10.2. The second kappa shape index (κ2) is 6.85. The molecule has 0 saturated carbocycles. The predicted molar refractivity (Wildman–Crippen MR) is 64.6 cm³/mol. The second-order valence-corrected chi connectivity index (χ2v) is 6.28. The van der Waals surface area contributed by atoms with Gasteiger partial charge in [-0.25, -0.2) is 8.42 Å². The number of rotatable bonds is 7. The average Bonchev–Trinajstić information content (AvgIpc) is 2.11. The van der Waals surface area contributed by atoms with Crippen molar-refractivity contribution in [2.24, 2.45) is 5.92 Å². The van der Waals surface area contributed by atoms with E-state index < -0.39 is 10.0 Å². The molecule has 0 aromatic carbocycles. The summed E-state index contributed by atoms with van der Waals surface area (Å²) < 4.78 is 24.1. The maximum absolute atomic E-state index is 11.4. The van der Waals surface area contributed by atoms with Gasteiger partial charge in [-0.15, -0.1) is 0 Å². The van der Waals surface area contributed by atoms with Gasteiger partial charge in [-0.1, -0.05) is 20.8 Å². The minimum absolute atomic E-state index is 0.0863. The van der Waals surface area contributed by atoms with Crippen molar-refractivity contribution in [2.45, 2.75) is 27.2 Å². The minimum Gasteiger partial charge on any atom is -0.355 e. The Labute approximate surface area is 98.3 Å². The number of hydrogen-bond acceptors (Lipinski definition) is 3. The van der Waals surface area contributed by atoms with E-state index in [4.69, 9.17) is 0 Å². The molecule has 0 aliphatic carbocycles. The van der Waals surface area contributed by atoms with Crippen molar-refractivity contribution in [3.8, 4) is 0 Å². The van der Waals surface area contributed by atoms with Crippen molar-refractivity contribution in [3.05, 3.63) is 0 Å². The van der Waals surface area contributed by atoms with Gasteiger partial charge in [0, 0.05) is 13.1 Å². The van der Waals surface area contributed by atoms with E-state index in [1.807, 2.05) is 20.8 Å². The van der Waals surface area contributed by atoms with Crippen molar-refractivity contribution < 1.29 is 13.2 Å². The number of nitrogens with zero attached hydrogens (tertiary/aromatic N) is 1. The van der Waals surface area contributed by atoms with E-state index in [0.29, 0.717) is 13.1 Å². The van der Waals surface area contributed by atoms with Crippen LogP contribution in [0.2, 0.25) is 0 Å². The van der Waals surface area contributed by atoms with Crippen molar-refractivity contribution in [2.75, 3.05) is 25.9 Å². The zero-order valence-corrected chi connectivity index (χ0v) is 11.3. The quantitative estimate of drug-likeness (QED) is 0.712. The molecule has 1 amide bonds. The molecule has 0 aromatic rings. The molecule has 0 unspecified atom stereocenters. The Morgan fingerprint density at radius 2 is 1.94 bits per heavy atom. The van der Waals surface area contributed by atoms with Crippen molar-refractivity contribution in [1.29, 1.82) is 0 Å². The molecular formula is C10H22N2O3S. The molecule has 0 aromatic heterocycles. The molecule has 0 saturated heterocycles. The summed E-state index contributed by atoms with van der Waals surface area (Å²) in [5, 5.41) is 2.66. The van der Waals surface area contributed by atoms with Gasteiger partial charge >= 0.3 is 0 Å². The van der Waals surface area contributed by atoms with Crippen LogP contribution in [0.1, 0.15) is 27.2 Å². The normalized spacial score (nSPS) is 12.1. The molecule has 0 aliphatic heterocycles. The molecule has 0 bridgehead atoms. The number of carbonyl (C=O) groups is 1. The Morgan fingerprint density at radius 1 is 1.38 bits per heavy atom. The topological polar surface area (TPSA) is 66.5 Å². The lowest BCUT2D eigenvalue weighted by molar-refractivity contribution is -0.121. The fraction of sp³-hybridized carbons (Fsp3) is 0.900. The summed E-state index contributed by atoms with van der Waals surface area (Å²) in [6.45, 7) is 6.65. The molecule has 0 radical (unpaired) electrons. The van der Waals surface area contributed by atoms with Gasteiger partial charge in [-0.3, -0.25) is 4.79 Å². The second-order valence-electron chi connectivity index (χ2n) is 4.30. The third-order valence-corrected chi connectivity index (χ3v) is 3.15. The Hall–Kier alpha value is -0.620. The van der Waals surface area contributed by atoms with Crippen LogP contribution in [0.4, 0.5) is 0 Å². The van der Waals surface area contributed by atoms with E-state index in [9.17, 15) is 13.2 Å². The molecule has 6 heteroatoms. The van der Waals surface area contributed by atoms with Crippen LogP contribution in [0.5, 0.6) is 0 Å². The summed E-state index contributed by atoms with van der Waals surface area (Å²) >= 11 is 0. The average molecular weight is 250 g/mol. The summed E-state index contributed by atoms with van der Waals surface area (Å²) in [5.74, 6) is -0.0402. The zero-order valence-electron chi connectivity index (χ0n) is 10.5. The molecule has 0 spiro atoms. The first kappa shape index (κ1) is 15.4. The molecule has 0 rings (SSSR count). The highest BCUT2D eigenvalue weighted by Crippen LogP contribution is 2.03. The molecule has 16 heavy (non-hydrogen) atoms. The van der Waals surface area contributed by atoms with Crippen LogP contribution in [-0.4, -0.2) is 44.5 Å². The Balaban J connectivity index is 4.38. The number of hydrogen-bond donors (Lipinski definition) is 1. The number of sulfonamides is 1. The lowest BCUT2D eigenvalue weighted by Gasteiger charge is -2.21. The maximum atomic E-state index is 11.4. The maximum Gasteiger partial charge on any atom is 0.235 e. The minimum atomic E-state index is -3.31. The predicted octanol–water partition coefficient (Wildman–Crippen LogP) is 0.430. The summed E-state index contributed by atoms with van der Waals surface area (Å²) in [7, 11) is -3.31. The third kappa shape index (κ3) is 6.79. The van der Waals surface area contributed by atoms with Gasteiger partial charge in [-0.05, 0) is 12.3 Å². The van der Waals surface area contributed by atoms with Crippen LogP contribution in [0.3, 0.4) is 0 Å². The number of carbonyl (C=O) groups excluding carboxylic acids is 1. The lowest BCUT2D eigenvalue weighted by Crippen LogP contribution is -2.42. The summed E-state index contributed by atoms with van der Waals surface area (Å²) in [6.07, 6.45) is 1.97. The van der Waals surface area contributed by atoms with Gasteiger partial charge in [0.2, 0.25) is 15.9 Å². The van der Waals surface area contributed by atoms with E-state index in [0.717, 1.165) is 12.7 Å². The first-order valence-electron chi connectivity index (χ1n) is 5.49. The summed E-state index contributed by atoms with van der Waals surface area (Å²) in [4.78, 5) is 11.4. The van der Waals surface area contributed by atoms with Gasteiger partial charge in [0.1, 0.15) is 0 Å². The van der Waals surface area contributed by atoms with Gasteiger partial charge in [0.25, 0.3) is 0 Å². The number of amides is 1. The van der Waals surface area contributed by atoms with Crippen molar-refractivity contribution >= 4 is 15.9 Å². The highest BCUT2D eigenvalue weighted by Gasteiger charge is 2.20. The van der Waals surface area contributed by atoms with Crippen molar-refractivity contribution in [3.63, 3.8) is 0 Å². The van der Waals surface area contributed by atoms with Crippen LogP contribution in [0.25, 0.3) is 0 Å². The fourth-order valence-corrected chi connectivity index (χ4v) is 2.13. The molecule has 0 aliphatic rings. The fourth-order valence-electron chi connectivity index (χ4n) is 1.20. The Kier molecular flexibility index (Phi) is 6.59. The van der Waals surface area contributed by atoms with Crippen LogP contribution in [0, 0.1) is 5.92 Å². The summed E-state index contributed by atoms with van der Waals surface area (Å²) in [6, 6.07) is 0. The van der Waals surface area contributed by atoms with Crippen LogP contribution in [0.15, 0.2) is 0 Å². The molecule has 0 heterocycles. The zero-order chi connectivity index (χ0) is 12.8. The van der Waals surface area contributed by atoms with Crippen LogP contribution >= 0.6 is 0 Å². The van der Waals surface area contributed by atoms with Gasteiger partial charge in [0.05, 0.1) is 12.8 Å². The van der Waals surface area contributed by atoms with Crippen molar-refractivity contribution in [1.82, 2.24) is 9.62 Å². The monoisotopic (exact) mass is 250 g/mol. The third-order valence-electron chi connectivity index (χ3n) is 1.93. The molecule has 0 fully saturated rings. The SMILES string of the molecule is CCCNC(=O)CN(CC(C)C)S(C)(=O)=O. The van der Waals surface area contributed by atoms with E-state index in [1.54, 1.807) is 0 Å². The van der Waals surface area contributed by atoms with Gasteiger partial charge in [-0.2, -0.15) is 4.31 Å². The highest BCUT2D eigenvalue weighted by molar-refractivity contribution is 7.88. The van der Waals surface area contributed by atoms with Gasteiger partial charge < -0.3 is 5.32 Å².